The van der Waals surface area contributed by atoms with Crippen LogP contribution in [0.5, 0.6) is 0 Å². The number of amides is 1. The highest BCUT2D eigenvalue weighted by atomic mass is 32.1. The van der Waals surface area contributed by atoms with Gasteiger partial charge in [0.1, 0.15) is 0 Å². The first-order valence-corrected chi connectivity index (χ1v) is 11.5. The van der Waals surface area contributed by atoms with Crippen LogP contribution in [0.3, 0.4) is 0 Å². The van der Waals surface area contributed by atoms with Gasteiger partial charge in [-0.3, -0.25) is 9.69 Å². The number of piperidine rings is 1. The summed E-state index contributed by atoms with van der Waals surface area (Å²) in [6.45, 7) is 2.83. The number of nitrogens with zero attached hydrogens (tertiary/aromatic N) is 2. The lowest BCUT2D eigenvalue weighted by molar-refractivity contribution is -0.140. The Balaban J connectivity index is 1.36. The summed E-state index contributed by atoms with van der Waals surface area (Å²) in [5.74, 6) is -0.289. The largest absolute Gasteiger partial charge is 0.338 e. The predicted molar refractivity (Wildman–Crippen MR) is 110 cm³/mol. The monoisotopic (exact) mass is 416 g/mol. The topological polar surface area (TPSA) is 23.6 Å². The second-order valence-corrected chi connectivity index (χ2v) is 9.53. The van der Waals surface area contributed by atoms with Crippen LogP contribution in [0.4, 0.5) is 8.78 Å². The molecule has 1 aromatic heterocycles. The normalized spacial score (nSPS) is 27.7. The molecule has 1 saturated carbocycles. The van der Waals surface area contributed by atoms with Gasteiger partial charge in [-0.25, -0.2) is 8.78 Å². The van der Waals surface area contributed by atoms with Crippen molar-refractivity contribution in [3.05, 3.63) is 57.8 Å². The highest BCUT2D eigenvalue weighted by Crippen LogP contribution is 2.44. The Kier molecular flexibility index (Phi) is 5.16. The van der Waals surface area contributed by atoms with Gasteiger partial charge in [-0.05, 0) is 47.7 Å². The molecule has 0 bridgehead atoms. The van der Waals surface area contributed by atoms with Crippen molar-refractivity contribution >= 4 is 17.2 Å². The van der Waals surface area contributed by atoms with E-state index in [1.807, 2.05) is 0 Å². The molecule has 2 aliphatic heterocycles. The van der Waals surface area contributed by atoms with E-state index in [0.29, 0.717) is 29.9 Å². The van der Waals surface area contributed by atoms with Crippen molar-refractivity contribution in [2.75, 3.05) is 19.6 Å². The molecule has 154 valence electrons. The van der Waals surface area contributed by atoms with Gasteiger partial charge < -0.3 is 4.90 Å². The molecule has 6 heteroatoms. The number of hydrogen-bond acceptors (Lipinski definition) is 3. The van der Waals surface area contributed by atoms with Crippen molar-refractivity contribution in [2.45, 2.75) is 44.2 Å². The number of fused-ring (bicyclic) bond motifs is 1. The molecule has 3 fully saturated rings. The van der Waals surface area contributed by atoms with E-state index in [2.05, 4.69) is 26.6 Å². The quantitative estimate of drug-likeness (QED) is 0.725. The molecule has 3 heterocycles. The van der Waals surface area contributed by atoms with Crippen LogP contribution in [0.1, 0.15) is 42.7 Å². The highest BCUT2D eigenvalue weighted by Gasteiger charge is 2.48. The van der Waals surface area contributed by atoms with Crippen LogP contribution in [0.15, 0.2) is 35.0 Å². The first kappa shape index (κ1) is 19.2. The van der Waals surface area contributed by atoms with Crippen LogP contribution in [0.25, 0.3) is 0 Å². The SMILES string of the molecule is O=C(C1CCC1)N1C[C@@H](c2ccsc2)[C@@H]2CN(Cc3cccc(F)c3F)CC[C@@H]21. The lowest BCUT2D eigenvalue weighted by Crippen LogP contribution is -2.49. The minimum atomic E-state index is -0.785. The zero-order valence-corrected chi connectivity index (χ0v) is 17.2. The molecule has 3 atom stereocenters. The molecule has 3 aliphatic rings. The molecule has 1 aliphatic carbocycles. The number of hydrogen-bond donors (Lipinski definition) is 0. The zero-order valence-electron chi connectivity index (χ0n) is 16.4. The fraction of sp³-hybridized carbons (Fsp3) is 0.522. The summed E-state index contributed by atoms with van der Waals surface area (Å²) in [7, 11) is 0. The van der Waals surface area contributed by atoms with Crippen LogP contribution >= 0.6 is 11.3 Å². The molecule has 2 saturated heterocycles. The fourth-order valence-corrected chi connectivity index (χ4v) is 6.07. The van der Waals surface area contributed by atoms with E-state index in [1.54, 1.807) is 23.5 Å². The van der Waals surface area contributed by atoms with E-state index < -0.39 is 11.6 Å². The molecule has 0 radical (unpaired) electrons. The minimum absolute atomic E-state index is 0.219. The van der Waals surface area contributed by atoms with Crippen LogP contribution in [-0.2, 0) is 11.3 Å². The standard InChI is InChI=1S/C23H26F2N2OS/c24-20-6-2-5-16(22(20)25)11-26-9-7-21-19(12-26)18(17-8-10-29-14-17)13-27(21)23(28)15-3-1-4-15/h2,5-6,8,10,14-15,18-19,21H,1,3-4,7,9,11-13H2/t18-,19-,21-/m0/s1. The van der Waals surface area contributed by atoms with Crippen LogP contribution < -0.4 is 0 Å². The first-order chi connectivity index (χ1) is 14.1. The van der Waals surface area contributed by atoms with E-state index in [1.165, 1.54) is 18.1 Å². The van der Waals surface area contributed by atoms with E-state index in [9.17, 15) is 13.6 Å². The number of carbonyl (C=O) groups excluding carboxylic acids is 1. The predicted octanol–water partition coefficient (Wildman–Crippen LogP) is 4.64. The van der Waals surface area contributed by atoms with Crippen molar-refractivity contribution in [3.8, 4) is 0 Å². The Morgan fingerprint density at radius 1 is 1.14 bits per heavy atom. The van der Waals surface area contributed by atoms with Crippen molar-refractivity contribution in [1.82, 2.24) is 9.80 Å². The van der Waals surface area contributed by atoms with Gasteiger partial charge in [0.2, 0.25) is 5.91 Å². The maximum atomic E-state index is 14.2. The average Bonchev–Trinajstić information content (AvgIpc) is 3.31. The number of likely N-dealkylation sites (tertiary alicyclic amines) is 2. The third-order valence-electron chi connectivity index (χ3n) is 7.15. The summed E-state index contributed by atoms with van der Waals surface area (Å²) < 4.78 is 27.8. The molecule has 0 spiro atoms. The molecule has 1 amide bonds. The molecular weight excluding hydrogens is 390 g/mol. The van der Waals surface area contributed by atoms with E-state index in [0.717, 1.165) is 38.9 Å². The Morgan fingerprint density at radius 3 is 2.72 bits per heavy atom. The zero-order chi connectivity index (χ0) is 20.0. The third-order valence-corrected chi connectivity index (χ3v) is 7.85. The van der Waals surface area contributed by atoms with Crippen molar-refractivity contribution in [2.24, 2.45) is 11.8 Å². The molecule has 1 aromatic carbocycles. The second kappa shape index (κ2) is 7.80. The van der Waals surface area contributed by atoms with Crippen molar-refractivity contribution < 1.29 is 13.6 Å². The van der Waals surface area contributed by atoms with E-state index >= 15 is 0 Å². The van der Waals surface area contributed by atoms with Gasteiger partial charge in [0.25, 0.3) is 0 Å². The van der Waals surface area contributed by atoms with Crippen LogP contribution in [-0.4, -0.2) is 41.4 Å². The number of halogens is 2. The van der Waals surface area contributed by atoms with Crippen LogP contribution in [0.2, 0.25) is 0 Å². The molecule has 29 heavy (non-hydrogen) atoms. The molecular formula is C23H26F2N2OS. The Bertz CT molecular complexity index is 883. The number of thiophene rings is 1. The molecule has 0 unspecified atom stereocenters. The summed E-state index contributed by atoms with van der Waals surface area (Å²) in [6.07, 6.45) is 4.13. The summed E-state index contributed by atoms with van der Waals surface area (Å²) >= 11 is 1.70. The smallest absolute Gasteiger partial charge is 0.225 e. The number of carbonyl (C=O) groups is 1. The van der Waals surface area contributed by atoms with Gasteiger partial charge in [0.05, 0.1) is 0 Å². The van der Waals surface area contributed by atoms with Gasteiger partial charge in [-0.1, -0.05) is 18.6 Å². The maximum Gasteiger partial charge on any atom is 0.225 e. The van der Waals surface area contributed by atoms with Gasteiger partial charge >= 0.3 is 0 Å². The van der Waals surface area contributed by atoms with Gasteiger partial charge in [-0.15, -0.1) is 0 Å². The average molecular weight is 417 g/mol. The molecule has 5 rings (SSSR count). The third kappa shape index (κ3) is 3.50. The summed E-state index contributed by atoms with van der Waals surface area (Å²) in [6, 6.07) is 6.85. The van der Waals surface area contributed by atoms with E-state index in [4.69, 9.17) is 0 Å². The van der Waals surface area contributed by atoms with Gasteiger partial charge in [0, 0.05) is 55.5 Å². The first-order valence-electron chi connectivity index (χ1n) is 10.6. The summed E-state index contributed by atoms with van der Waals surface area (Å²) in [4.78, 5) is 17.5. The lowest BCUT2D eigenvalue weighted by atomic mass is 9.82. The summed E-state index contributed by atoms with van der Waals surface area (Å²) in [5, 5.41) is 4.30. The Hall–Kier alpha value is -1.79. The summed E-state index contributed by atoms with van der Waals surface area (Å²) in [5.41, 5.74) is 1.73. The fourth-order valence-electron chi connectivity index (χ4n) is 5.34. The second-order valence-electron chi connectivity index (χ2n) is 8.75. The highest BCUT2D eigenvalue weighted by molar-refractivity contribution is 7.08. The van der Waals surface area contributed by atoms with Crippen molar-refractivity contribution in [3.63, 3.8) is 0 Å². The maximum absolute atomic E-state index is 14.2. The lowest BCUT2D eigenvalue weighted by Gasteiger charge is -2.40. The van der Waals surface area contributed by atoms with Gasteiger partial charge in [0.15, 0.2) is 11.6 Å². The van der Waals surface area contributed by atoms with Gasteiger partial charge in [-0.2, -0.15) is 11.3 Å². The number of rotatable bonds is 4. The van der Waals surface area contributed by atoms with Crippen molar-refractivity contribution in [1.29, 1.82) is 0 Å². The van der Waals surface area contributed by atoms with Crippen LogP contribution in [0, 0.1) is 23.5 Å². The molecule has 0 N–H and O–H groups in total. The molecule has 2 aromatic rings. The Labute approximate surface area is 174 Å². The molecule has 3 nitrogen and oxygen atoms in total. The Morgan fingerprint density at radius 2 is 2.00 bits per heavy atom. The van der Waals surface area contributed by atoms with E-state index in [-0.39, 0.29) is 12.0 Å². The minimum Gasteiger partial charge on any atom is -0.338 e. The number of benzene rings is 1.